The SMILES string of the molecule is CCO[C@@H]1[C@@H](OS(=O)(=O)O)[C@H](O[C@H]2[C@H](OS(=O)(=O)O)[C@@H](NS(=O)(=O)O)[C@@H](O)O[C@@H]2COS(=O)(=O)O)O[C@@H](C(=O)O)[C@H]1O[C@H]1O[C@H](COS(=O)(=O)O)[C@@H](O[C@@H]2O[C@H](C(=O)O)[C@@H](O[C@H]3O[C@H](COS(=O)(=O)O)[C@@H](OC)[C@H](OC)[C@H]3OC)[C@H](OC)[C@H]2OS(=O)(=O)O)[C@H](OS(=O)(=O)O)[C@H]1OS(=O)(=O)O. The number of carbonyl (C=O) groups is 2. The van der Waals surface area contributed by atoms with E-state index in [0.717, 1.165) is 33.0 Å². The second kappa shape index (κ2) is 34.4. The van der Waals surface area contributed by atoms with Crippen LogP contribution in [0.15, 0.2) is 0 Å². The van der Waals surface area contributed by atoms with Gasteiger partial charge in [-0.15, -0.1) is 0 Å². The van der Waals surface area contributed by atoms with Gasteiger partial charge >= 0.3 is 105 Å². The summed E-state index contributed by atoms with van der Waals surface area (Å²) in [7, 11) is -50.7. The quantitative estimate of drug-likeness (QED) is 0.0257. The predicted molar refractivity (Wildman–Crippen MR) is 292 cm³/mol. The summed E-state index contributed by atoms with van der Waals surface area (Å²) < 4.78 is 424. The molecule has 0 unspecified atom stereocenters. The number of aliphatic hydroxyl groups is 1. The fourth-order valence-electron chi connectivity index (χ4n) is 10.2. The summed E-state index contributed by atoms with van der Waals surface area (Å²) in [6.45, 7) is -5.11. The molecule has 5 aliphatic rings. The van der Waals surface area contributed by atoms with Crippen molar-refractivity contribution in [2.45, 2.75) is 160 Å². The number of carboxylic acids is 2. The van der Waals surface area contributed by atoms with Gasteiger partial charge in [0.15, 0.2) is 62.0 Å². The summed E-state index contributed by atoms with van der Waals surface area (Å²) >= 11 is 0. The second-order valence-electron chi connectivity index (χ2n) is 20.0. The zero-order chi connectivity index (χ0) is 76.2. The van der Waals surface area contributed by atoms with Crippen molar-refractivity contribution in [2.24, 2.45) is 0 Å². The number of ether oxygens (including phenoxy) is 14. The van der Waals surface area contributed by atoms with Crippen LogP contribution < -0.4 is 4.72 Å². The Labute approximate surface area is 564 Å². The normalized spacial score (nSPS) is 36.4. The van der Waals surface area contributed by atoms with Gasteiger partial charge in [0.05, 0.1) is 19.8 Å². The van der Waals surface area contributed by atoms with Crippen molar-refractivity contribution in [3.05, 3.63) is 0 Å². The van der Waals surface area contributed by atoms with Crippen LogP contribution in [-0.2, 0) is 203 Å². The molecular formula is C36H61NO54S9. The average molecular weight is 1660 g/mol. The fourth-order valence-corrected chi connectivity index (χ4v) is 14.2. The Morgan fingerprint density at radius 2 is 0.640 bits per heavy atom. The maximum absolute atomic E-state index is 13.4. The van der Waals surface area contributed by atoms with Gasteiger partial charge in [0.1, 0.15) is 91.5 Å². The predicted octanol–water partition coefficient (Wildman–Crippen LogP) is -10.1. The number of nitrogens with one attached hydrogen (secondary N) is 1. The van der Waals surface area contributed by atoms with Crippen molar-refractivity contribution in [1.29, 1.82) is 0 Å². The number of aliphatic carboxylic acids is 2. The van der Waals surface area contributed by atoms with Gasteiger partial charge in [0.2, 0.25) is 0 Å². The third-order valence-electron chi connectivity index (χ3n) is 13.5. The van der Waals surface area contributed by atoms with E-state index in [0.29, 0.717) is 7.11 Å². The van der Waals surface area contributed by atoms with Crippen molar-refractivity contribution in [2.75, 3.05) is 54.9 Å². The molecule has 0 radical (unpaired) electrons. The van der Waals surface area contributed by atoms with E-state index in [1.54, 1.807) is 0 Å². The first kappa shape index (κ1) is 87.8. The zero-order valence-corrected chi connectivity index (χ0v) is 57.3. The lowest BCUT2D eigenvalue weighted by Gasteiger charge is -2.51. The molecule has 588 valence electrons. The third kappa shape index (κ3) is 26.0. The first-order chi connectivity index (χ1) is 45.5. The van der Waals surface area contributed by atoms with Gasteiger partial charge in [-0.25, -0.2) is 43.1 Å². The first-order valence-electron chi connectivity index (χ1n) is 26.1. The third-order valence-corrected chi connectivity index (χ3v) is 17.7. The van der Waals surface area contributed by atoms with E-state index in [-0.39, 0.29) is 0 Å². The molecule has 0 bridgehead atoms. The lowest BCUT2D eigenvalue weighted by molar-refractivity contribution is -0.383. The standard InChI is InChI=1S/C36H61NO54S9/c1-6-74-20-22(25(31(40)41)86-36(28(20)90-99(64,65)66)81-15-11(8-76-94(49,50)51)78-32(42)13(37-92(43,44)45)17(15)87-96(55,56)57)84-34-29(91-100(67,68)69)23(88-97(58,59)60)16(12(80-34)9-77-95(52,53)54)82-35-27(89-98(61,62)63)19(72-4)21(24(85-35)30(38)39)83-33-26(73-5)18(71-3)14(70-2)10(79-33)7-75-93(46,47)48/h10-29,32-37,42H,6-9H2,1-5H3,(H,38,39)(H,40,41)(H,43,44,45)(H,46,47,48)(H,49,50,51)(H,52,53,54)(H,55,56,57)(H,58,59,60)(H,61,62,63)(H,64,65,66)(H,67,68,69)/t10-,11-,12-,13-,14-,15-,16-,17-,18+,19+,20+,21+,22+,23+,24+,25-,26-,27-,28-,29-,32+,33-,34-,35-,36-/m1/s1. The molecule has 5 saturated heterocycles. The molecule has 0 aromatic rings. The number of rotatable bonds is 37. The van der Waals surface area contributed by atoms with E-state index in [2.05, 4.69) is 29.3 Å². The van der Waals surface area contributed by atoms with Crippen molar-refractivity contribution >= 4 is 105 Å². The van der Waals surface area contributed by atoms with Crippen molar-refractivity contribution in [3.8, 4) is 0 Å². The Bertz CT molecular complexity index is 3860. The number of methoxy groups -OCH3 is 4. The minimum atomic E-state index is -6.47. The summed E-state index contributed by atoms with van der Waals surface area (Å²) in [6, 6.07) is -2.90. The van der Waals surface area contributed by atoms with Crippen molar-refractivity contribution in [1.82, 2.24) is 4.72 Å². The molecule has 5 fully saturated rings. The number of hydrogen-bond acceptors (Lipinski definition) is 43. The van der Waals surface area contributed by atoms with E-state index in [9.17, 15) is 142 Å². The first-order valence-corrected chi connectivity index (χ1v) is 38.5. The van der Waals surface area contributed by atoms with Gasteiger partial charge in [-0.05, 0) is 6.92 Å². The summed E-state index contributed by atoms with van der Waals surface area (Å²) in [6.07, 6.45) is -67.0. The maximum atomic E-state index is 13.4. The second-order valence-corrected chi connectivity index (χ2v) is 29.7. The largest absolute Gasteiger partial charge is 0.479 e. The highest BCUT2D eigenvalue weighted by Crippen LogP contribution is 2.41. The van der Waals surface area contributed by atoms with Gasteiger partial charge in [-0.1, -0.05) is 0 Å². The van der Waals surface area contributed by atoms with Crippen LogP contribution in [0.2, 0.25) is 0 Å². The molecule has 13 N–H and O–H groups in total. The van der Waals surface area contributed by atoms with Crippen LogP contribution in [0.5, 0.6) is 0 Å². The van der Waals surface area contributed by atoms with Crippen LogP contribution in [0.3, 0.4) is 0 Å². The van der Waals surface area contributed by atoms with Crippen LogP contribution >= 0.6 is 0 Å². The Morgan fingerprint density at radius 1 is 0.350 bits per heavy atom. The Hall–Kier alpha value is -2.83. The molecule has 25 atom stereocenters. The summed E-state index contributed by atoms with van der Waals surface area (Å²) in [5.74, 6) is -4.83. The molecule has 0 amide bonds. The Kier molecular flexibility index (Phi) is 30.2. The van der Waals surface area contributed by atoms with E-state index >= 15 is 0 Å². The molecule has 0 spiro atoms. The van der Waals surface area contributed by atoms with Crippen molar-refractivity contribution < 1.29 is 241 Å². The Balaban J connectivity index is 1.73. The molecule has 0 aromatic heterocycles. The molecule has 0 aliphatic carbocycles. The minimum absolute atomic E-state index is 0.591. The topological polar surface area (TPSA) is 799 Å². The molecular weight excluding hydrogens is 1600 g/mol. The molecule has 0 saturated carbocycles. The van der Waals surface area contributed by atoms with Gasteiger partial charge in [-0.2, -0.15) is 80.5 Å². The lowest BCUT2D eigenvalue weighted by atomic mass is 9.94. The summed E-state index contributed by atoms with van der Waals surface area (Å²) in [5, 5.41) is 32.1. The van der Waals surface area contributed by atoms with Gasteiger partial charge < -0.3 is 81.6 Å². The molecule has 5 aliphatic heterocycles. The van der Waals surface area contributed by atoms with E-state index in [4.69, 9.17) is 70.5 Å². The average Bonchev–Trinajstić information content (AvgIpc) is 0.758. The number of hydrogen-bond donors (Lipinski definition) is 13. The lowest BCUT2D eigenvalue weighted by Crippen LogP contribution is -2.70. The van der Waals surface area contributed by atoms with Crippen LogP contribution in [0.4, 0.5) is 0 Å². The number of aliphatic hydroxyl groups excluding tert-OH is 1. The van der Waals surface area contributed by atoms with Crippen LogP contribution in [0.25, 0.3) is 0 Å². The van der Waals surface area contributed by atoms with Gasteiger partial charge in [-0.3, -0.25) is 41.0 Å². The molecule has 5 heterocycles. The number of carboxylic acid groups (broad SMARTS) is 2. The molecule has 55 nitrogen and oxygen atoms in total. The van der Waals surface area contributed by atoms with E-state index in [1.807, 2.05) is 0 Å². The Morgan fingerprint density at radius 3 is 0.990 bits per heavy atom. The summed E-state index contributed by atoms with van der Waals surface area (Å²) in [5.41, 5.74) is 0. The van der Waals surface area contributed by atoms with Gasteiger partial charge in [0, 0.05) is 35.0 Å². The van der Waals surface area contributed by atoms with E-state index < -0.39 is 285 Å². The smallest absolute Gasteiger partial charge is 0.397 e. The molecule has 5 rings (SSSR count). The molecule has 0 aromatic carbocycles. The highest BCUT2D eigenvalue weighted by atomic mass is 32.3. The molecule has 64 heteroatoms. The van der Waals surface area contributed by atoms with E-state index in [1.165, 1.54) is 0 Å². The minimum Gasteiger partial charge on any atom is -0.479 e. The highest BCUT2D eigenvalue weighted by molar-refractivity contribution is 7.84. The molecule has 100 heavy (non-hydrogen) atoms. The maximum Gasteiger partial charge on any atom is 0.397 e. The van der Waals surface area contributed by atoms with Crippen LogP contribution in [0, 0.1) is 0 Å². The van der Waals surface area contributed by atoms with Crippen LogP contribution in [0.1, 0.15) is 6.92 Å². The zero-order valence-electron chi connectivity index (χ0n) is 49.9. The monoisotopic (exact) mass is 1660 g/mol. The van der Waals surface area contributed by atoms with Crippen molar-refractivity contribution in [3.63, 3.8) is 0 Å². The van der Waals surface area contributed by atoms with Gasteiger partial charge in [0.25, 0.3) is 0 Å². The highest BCUT2D eigenvalue weighted by Gasteiger charge is 2.63. The van der Waals surface area contributed by atoms with Crippen LogP contribution in [-0.4, -0.2) is 352 Å². The summed E-state index contributed by atoms with van der Waals surface area (Å²) in [4.78, 5) is 26.7. The fraction of sp³-hybridized carbons (Fsp3) is 0.944.